The Hall–Kier alpha value is -4.18. The third-order valence-electron chi connectivity index (χ3n) is 6.59. The van der Waals surface area contributed by atoms with Crippen LogP contribution in [0.4, 0.5) is 47.0 Å². The molecule has 42 heavy (non-hydrogen) atoms. The van der Waals surface area contributed by atoms with E-state index >= 15 is 0 Å². The number of urea groups is 1. The van der Waals surface area contributed by atoms with Crippen molar-refractivity contribution in [3.05, 3.63) is 76.8 Å². The number of nitrogens with zero attached hydrogens (tertiary/aromatic N) is 3. The molecule has 1 aliphatic heterocycles. The van der Waals surface area contributed by atoms with E-state index in [9.17, 15) is 45.4 Å². The Morgan fingerprint density at radius 2 is 1.55 bits per heavy atom. The SMILES string of the molecule is Cc1cc(NC(=O)Nc2ccc(C(=O)N3CCN(Cc4ccc(C(O)(C(F)(F)F)C(F)(F)F)cc4)CC3)cc2F)no1. The highest BCUT2D eigenvalue weighted by atomic mass is 19.4. The number of nitrogens with one attached hydrogen (secondary N) is 2. The molecule has 0 bridgehead atoms. The van der Waals surface area contributed by atoms with Crippen LogP contribution in [0, 0.1) is 12.7 Å². The van der Waals surface area contributed by atoms with E-state index in [0.29, 0.717) is 36.5 Å². The van der Waals surface area contributed by atoms with Crippen LogP contribution in [0.15, 0.2) is 53.1 Å². The normalized spacial score (nSPS) is 15.0. The second kappa shape index (κ2) is 11.6. The highest BCUT2D eigenvalue weighted by Crippen LogP contribution is 2.50. The number of aliphatic hydroxyl groups is 1. The summed E-state index contributed by atoms with van der Waals surface area (Å²) in [5.74, 6) is -0.729. The molecule has 3 N–H and O–H groups in total. The number of benzene rings is 2. The lowest BCUT2D eigenvalue weighted by Crippen LogP contribution is -2.53. The van der Waals surface area contributed by atoms with Crippen LogP contribution in [0.25, 0.3) is 0 Å². The molecule has 3 amide bonds. The van der Waals surface area contributed by atoms with Crippen LogP contribution < -0.4 is 10.6 Å². The van der Waals surface area contributed by atoms with Crippen LogP contribution >= 0.6 is 0 Å². The minimum atomic E-state index is -5.97. The Labute approximate surface area is 233 Å². The first kappa shape index (κ1) is 30.8. The number of hydrogen-bond donors (Lipinski definition) is 3. The van der Waals surface area contributed by atoms with E-state index in [1.165, 1.54) is 23.1 Å². The van der Waals surface area contributed by atoms with Gasteiger partial charge in [0.1, 0.15) is 11.6 Å². The van der Waals surface area contributed by atoms with Crippen LogP contribution in [0.3, 0.4) is 0 Å². The predicted molar refractivity (Wildman–Crippen MR) is 134 cm³/mol. The number of hydrogen-bond acceptors (Lipinski definition) is 6. The summed E-state index contributed by atoms with van der Waals surface area (Å²) in [4.78, 5) is 28.3. The van der Waals surface area contributed by atoms with Crippen molar-refractivity contribution in [3.63, 3.8) is 0 Å². The largest absolute Gasteiger partial charge is 0.430 e. The first-order valence-electron chi connectivity index (χ1n) is 12.4. The minimum absolute atomic E-state index is 0.0384. The molecule has 1 fully saturated rings. The van der Waals surface area contributed by atoms with Crippen molar-refractivity contribution in [1.29, 1.82) is 0 Å². The number of alkyl halides is 6. The van der Waals surface area contributed by atoms with Crippen molar-refractivity contribution in [2.75, 3.05) is 36.8 Å². The van der Waals surface area contributed by atoms with Crippen molar-refractivity contribution in [1.82, 2.24) is 15.0 Å². The number of rotatable bonds is 6. The molecule has 3 aromatic rings. The molecule has 1 aliphatic rings. The summed E-state index contributed by atoms with van der Waals surface area (Å²) >= 11 is 0. The van der Waals surface area contributed by atoms with Crippen molar-refractivity contribution in [3.8, 4) is 0 Å². The first-order chi connectivity index (χ1) is 19.6. The van der Waals surface area contributed by atoms with Gasteiger partial charge in [0, 0.05) is 49.9 Å². The van der Waals surface area contributed by atoms with Crippen LogP contribution in [-0.4, -0.2) is 70.5 Å². The van der Waals surface area contributed by atoms with E-state index in [0.717, 1.165) is 18.2 Å². The summed E-state index contributed by atoms with van der Waals surface area (Å²) in [5.41, 5.74) is -6.08. The molecular formula is C26H24F7N5O4. The quantitative estimate of drug-likeness (QED) is 0.341. The monoisotopic (exact) mass is 603 g/mol. The summed E-state index contributed by atoms with van der Waals surface area (Å²) in [6, 6.07) is 7.56. The molecule has 2 aromatic carbocycles. The van der Waals surface area contributed by atoms with Gasteiger partial charge < -0.3 is 19.8 Å². The molecule has 4 rings (SSSR count). The molecular weight excluding hydrogens is 579 g/mol. The van der Waals surface area contributed by atoms with Crippen molar-refractivity contribution >= 4 is 23.4 Å². The van der Waals surface area contributed by atoms with Gasteiger partial charge in [-0.25, -0.2) is 9.18 Å². The van der Waals surface area contributed by atoms with Crippen molar-refractivity contribution < 1.29 is 50.0 Å². The third kappa shape index (κ3) is 6.49. The van der Waals surface area contributed by atoms with E-state index in [-0.39, 0.29) is 36.7 Å². The number of anilines is 2. The third-order valence-corrected chi connectivity index (χ3v) is 6.59. The molecule has 0 atom stereocenters. The average molecular weight is 603 g/mol. The van der Waals surface area contributed by atoms with Gasteiger partial charge in [-0.15, -0.1) is 0 Å². The smallest absolute Gasteiger partial charge is 0.369 e. The lowest BCUT2D eigenvalue weighted by atomic mass is 9.91. The maximum absolute atomic E-state index is 14.6. The van der Waals surface area contributed by atoms with Crippen LogP contribution in [0.5, 0.6) is 0 Å². The summed E-state index contributed by atoms with van der Waals surface area (Å²) in [6.07, 6.45) is -11.9. The van der Waals surface area contributed by atoms with Crippen LogP contribution in [0.2, 0.25) is 0 Å². The molecule has 0 aliphatic carbocycles. The molecule has 0 unspecified atom stereocenters. The maximum Gasteiger partial charge on any atom is 0.430 e. The molecule has 0 spiro atoms. The number of halogens is 7. The molecule has 16 heteroatoms. The van der Waals surface area contributed by atoms with E-state index < -0.39 is 41.3 Å². The Bertz CT molecular complexity index is 1420. The highest BCUT2D eigenvalue weighted by molar-refractivity contribution is 6.00. The lowest BCUT2D eigenvalue weighted by molar-refractivity contribution is -0.376. The van der Waals surface area contributed by atoms with E-state index in [2.05, 4.69) is 15.8 Å². The zero-order valence-corrected chi connectivity index (χ0v) is 21.8. The number of amides is 3. The standard InChI is InChI=1S/C26H24F7N5O4/c1-15-12-21(36-42-15)35-23(40)34-20-7-4-17(13-19(20)27)22(39)38-10-8-37(9-11-38)14-16-2-5-18(6-3-16)24(41,25(28,29)30)26(31,32)33/h2-7,12-13,41H,8-11,14H2,1H3,(H2,34,35,36,40). The Morgan fingerprint density at radius 3 is 2.07 bits per heavy atom. The fourth-order valence-electron chi connectivity index (χ4n) is 4.33. The fourth-order valence-corrected chi connectivity index (χ4v) is 4.33. The first-order valence-corrected chi connectivity index (χ1v) is 12.4. The number of aryl methyl sites for hydroxylation is 1. The molecule has 1 aromatic heterocycles. The van der Waals surface area contributed by atoms with Crippen molar-refractivity contribution in [2.24, 2.45) is 0 Å². The maximum atomic E-state index is 14.6. The number of carbonyl (C=O) groups excluding carboxylic acids is 2. The van der Waals surface area contributed by atoms with Gasteiger partial charge in [-0.2, -0.15) is 26.3 Å². The topological polar surface area (TPSA) is 111 Å². The second-order valence-electron chi connectivity index (χ2n) is 9.57. The summed E-state index contributed by atoms with van der Waals surface area (Å²) < 4.78 is 98.0. The van der Waals surface area contributed by atoms with Gasteiger partial charge in [0.05, 0.1) is 5.69 Å². The summed E-state index contributed by atoms with van der Waals surface area (Å²) in [6.45, 7) is 2.89. The average Bonchev–Trinajstić information content (AvgIpc) is 3.32. The van der Waals surface area contributed by atoms with Crippen LogP contribution in [0.1, 0.15) is 27.2 Å². The van der Waals surface area contributed by atoms with Gasteiger partial charge in [0.25, 0.3) is 11.5 Å². The molecule has 0 radical (unpaired) electrons. The molecule has 9 nitrogen and oxygen atoms in total. The van der Waals surface area contributed by atoms with E-state index in [1.807, 2.05) is 4.90 Å². The Kier molecular flexibility index (Phi) is 8.50. The summed E-state index contributed by atoms with van der Waals surface area (Å²) in [7, 11) is 0. The zero-order valence-electron chi connectivity index (χ0n) is 21.8. The Balaban J connectivity index is 1.31. The van der Waals surface area contributed by atoms with Gasteiger partial charge in [-0.05, 0) is 30.7 Å². The molecule has 1 saturated heterocycles. The van der Waals surface area contributed by atoms with Crippen LogP contribution in [-0.2, 0) is 12.1 Å². The summed E-state index contributed by atoms with van der Waals surface area (Å²) in [5, 5.41) is 17.8. The van der Waals surface area contributed by atoms with Gasteiger partial charge in [-0.3, -0.25) is 15.0 Å². The van der Waals surface area contributed by atoms with Crippen molar-refractivity contribution in [2.45, 2.75) is 31.4 Å². The number of aromatic nitrogens is 1. The predicted octanol–water partition coefficient (Wildman–Crippen LogP) is 5.04. The minimum Gasteiger partial charge on any atom is -0.369 e. The molecule has 0 saturated carbocycles. The van der Waals surface area contributed by atoms with Gasteiger partial charge >= 0.3 is 18.4 Å². The van der Waals surface area contributed by atoms with Gasteiger partial charge in [0.15, 0.2) is 5.82 Å². The highest BCUT2D eigenvalue weighted by Gasteiger charge is 2.71. The van der Waals surface area contributed by atoms with E-state index in [1.54, 1.807) is 6.92 Å². The number of carbonyl (C=O) groups is 2. The second-order valence-corrected chi connectivity index (χ2v) is 9.57. The molecule has 2 heterocycles. The number of piperazine rings is 1. The zero-order chi connectivity index (χ0) is 30.9. The Morgan fingerprint density at radius 1 is 0.929 bits per heavy atom. The fraction of sp³-hybridized carbons (Fsp3) is 0.346. The van der Waals surface area contributed by atoms with Gasteiger partial charge in [0.2, 0.25) is 0 Å². The molecule has 226 valence electrons. The van der Waals surface area contributed by atoms with E-state index in [4.69, 9.17) is 4.52 Å². The van der Waals surface area contributed by atoms with Gasteiger partial charge in [-0.1, -0.05) is 29.4 Å². The lowest BCUT2D eigenvalue weighted by Gasteiger charge is -2.35.